The molecule has 4 nitrogen and oxygen atoms in total. The van der Waals surface area contributed by atoms with Gasteiger partial charge >= 0.3 is 0 Å². The van der Waals surface area contributed by atoms with E-state index in [2.05, 4.69) is 9.97 Å². The van der Waals surface area contributed by atoms with Crippen LogP contribution < -0.4 is 10.5 Å². The number of aromatic nitrogens is 2. The molecule has 0 spiro atoms. The van der Waals surface area contributed by atoms with Gasteiger partial charge < -0.3 is 10.5 Å². The van der Waals surface area contributed by atoms with E-state index in [1.54, 1.807) is 18.6 Å². The molecule has 4 heteroatoms. The van der Waals surface area contributed by atoms with Crippen molar-refractivity contribution in [3.63, 3.8) is 0 Å². The van der Waals surface area contributed by atoms with Crippen LogP contribution in [-0.2, 0) is 0 Å². The third kappa shape index (κ3) is 3.29. The Morgan fingerprint density at radius 3 is 2.74 bits per heavy atom. The SMILES string of the molecule is Cc1ncccc1C(N)c1cncc(OC(C)C)c1. The van der Waals surface area contributed by atoms with Gasteiger partial charge in [0, 0.05) is 18.1 Å². The highest BCUT2D eigenvalue weighted by molar-refractivity contribution is 5.35. The summed E-state index contributed by atoms with van der Waals surface area (Å²) in [5.74, 6) is 0.740. The van der Waals surface area contributed by atoms with E-state index in [1.807, 2.05) is 39.0 Å². The summed E-state index contributed by atoms with van der Waals surface area (Å²) in [6, 6.07) is 5.58. The minimum atomic E-state index is -0.239. The number of hydrogen-bond acceptors (Lipinski definition) is 4. The molecule has 1 atom stereocenters. The molecular formula is C15H19N3O. The highest BCUT2D eigenvalue weighted by atomic mass is 16.5. The first kappa shape index (κ1) is 13.5. The zero-order chi connectivity index (χ0) is 13.8. The summed E-state index contributed by atoms with van der Waals surface area (Å²) in [6.07, 6.45) is 5.35. The first-order valence-electron chi connectivity index (χ1n) is 6.36. The minimum absolute atomic E-state index is 0.119. The van der Waals surface area contributed by atoms with E-state index in [1.165, 1.54) is 0 Å². The standard InChI is InChI=1S/C15H19N3O/c1-10(2)19-13-7-12(8-17-9-13)15(16)14-5-4-6-18-11(14)3/h4-10,15H,16H2,1-3H3. The molecule has 2 aromatic rings. The van der Waals surface area contributed by atoms with Gasteiger partial charge in [-0.15, -0.1) is 0 Å². The van der Waals surface area contributed by atoms with Crippen LogP contribution in [0.25, 0.3) is 0 Å². The van der Waals surface area contributed by atoms with Crippen LogP contribution in [0.4, 0.5) is 0 Å². The van der Waals surface area contributed by atoms with Gasteiger partial charge in [-0.25, -0.2) is 0 Å². The maximum Gasteiger partial charge on any atom is 0.138 e. The first-order chi connectivity index (χ1) is 9.08. The molecule has 0 saturated heterocycles. The molecule has 100 valence electrons. The van der Waals surface area contributed by atoms with E-state index in [4.69, 9.17) is 10.5 Å². The second-order valence-electron chi connectivity index (χ2n) is 4.78. The van der Waals surface area contributed by atoms with Gasteiger partial charge in [-0.1, -0.05) is 6.07 Å². The summed E-state index contributed by atoms with van der Waals surface area (Å²) in [7, 11) is 0. The second kappa shape index (κ2) is 5.80. The van der Waals surface area contributed by atoms with Gasteiger partial charge in [0.15, 0.2) is 0 Å². The Kier molecular flexibility index (Phi) is 4.12. The Morgan fingerprint density at radius 1 is 1.26 bits per heavy atom. The van der Waals surface area contributed by atoms with Gasteiger partial charge in [0.25, 0.3) is 0 Å². The van der Waals surface area contributed by atoms with E-state index in [9.17, 15) is 0 Å². The number of rotatable bonds is 4. The van der Waals surface area contributed by atoms with E-state index in [0.717, 1.165) is 22.6 Å². The van der Waals surface area contributed by atoms with Gasteiger partial charge in [-0.3, -0.25) is 9.97 Å². The molecular weight excluding hydrogens is 238 g/mol. The highest BCUT2D eigenvalue weighted by Gasteiger charge is 2.13. The average Bonchev–Trinajstić information content (AvgIpc) is 2.38. The molecule has 2 aromatic heterocycles. The number of nitrogens with two attached hydrogens (primary N) is 1. The lowest BCUT2D eigenvalue weighted by molar-refractivity contribution is 0.241. The average molecular weight is 257 g/mol. The molecule has 0 radical (unpaired) electrons. The highest BCUT2D eigenvalue weighted by Crippen LogP contribution is 2.23. The van der Waals surface area contributed by atoms with Crippen molar-refractivity contribution in [3.05, 3.63) is 53.6 Å². The van der Waals surface area contributed by atoms with E-state index in [0.29, 0.717) is 0 Å². The van der Waals surface area contributed by atoms with E-state index >= 15 is 0 Å². The quantitative estimate of drug-likeness (QED) is 0.914. The Hall–Kier alpha value is -1.94. The van der Waals surface area contributed by atoms with Crippen molar-refractivity contribution < 1.29 is 4.74 Å². The molecule has 0 aliphatic heterocycles. The predicted octanol–water partition coefficient (Wildman–Crippen LogP) is 2.62. The molecule has 19 heavy (non-hydrogen) atoms. The van der Waals surface area contributed by atoms with Crippen LogP contribution in [-0.4, -0.2) is 16.1 Å². The second-order valence-corrected chi connectivity index (χ2v) is 4.78. The number of ether oxygens (including phenoxy) is 1. The monoisotopic (exact) mass is 257 g/mol. The summed E-state index contributed by atoms with van der Waals surface area (Å²) in [5.41, 5.74) is 9.15. The Labute approximate surface area is 113 Å². The fourth-order valence-corrected chi connectivity index (χ4v) is 1.95. The van der Waals surface area contributed by atoms with Crippen molar-refractivity contribution in [2.24, 2.45) is 5.73 Å². The summed E-state index contributed by atoms with van der Waals surface area (Å²) < 4.78 is 5.64. The van der Waals surface area contributed by atoms with Gasteiger partial charge in [0.2, 0.25) is 0 Å². The van der Waals surface area contributed by atoms with Gasteiger partial charge in [0.1, 0.15) is 5.75 Å². The van der Waals surface area contributed by atoms with Crippen LogP contribution in [0.1, 0.15) is 36.7 Å². The smallest absolute Gasteiger partial charge is 0.138 e. The van der Waals surface area contributed by atoms with Crippen LogP contribution in [0.15, 0.2) is 36.8 Å². The van der Waals surface area contributed by atoms with Crippen LogP contribution in [0, 0.1) is 6.92 Å². The molecule has 0 amide bonds. The zero-order valence-electron chi connectivity index (χ0n) is 11.5. The van der Waals surface area contributed by atoms with Crippen LogP contribution >= 0.6 is 0 Å². The largest absolute Gasteiger partial charge is 0.489 e. The van der Waals surface area contributed by atoms with Crippen molar-refractivity contribution in [2.45, 2.75) is 32.9 Å². The lowest BCUT2D eigenvalue weighted by atomic mass is 10.00. The van der Waals surface area contributed by atoms with Gasteiger partial charge in [-0.05, 0) is 44.0 Å². The molecule has 0 fully saturated rings. The lowest BCUT2D eigenvalue weighted by Gasteiger charge is -2.16. The summed E-state index contributed by atoms with van der Waals surface area (Å²) in [5, 5.41) is 0. The normalized spacial score (nSPS) is 12.5. The Bertz CT molecular complexity index is 555. The zero-order valence-corrected chi connectivity index (χ0v) is 11.5. The van der Waals surface area contributed by atoms with Crippen LogP contribution in [0.3, 0.4) is 0 Å². The maximum atomic E-state index is 6.28. The van der Waals surface area contributed by atoms with E-state index < -0.39 is 0 Å². The summed E-state index contributed by atoms with van der Waals surface area (Å²) in [6.45, 7) is 5.92. The van der Waals surface area contributed by atoms with Crippen molar-refractivity contribution in [3.8, 4) is 5.75 Å². The number of aryl methyl sites for hydroxylation is 1. The van der Waals surface area contributed by atoms with Crippen molar-refractivity contribution in [1.29, 1.82) is 0 Å². The number of nitrogens with zero attached hydrogens (tertiary/aromatic N) is 2. The third-order valence-corrected chi connectivity index (χ3v) is 2.85. The Morgan fingerprint density at radius 2 is 2.05 bits per heavy atom. The minimum Gasteiger partial charge on any atom is -0.489 e. The van der Waals surface area contributed by atoms with Crippen molar-refractivity contribution in [2.75, 3.05) is 0 Å². The fourth-order valence-electron chi connectivity index (χ4n) is 1.95. The number of hydrogen-bond donors (Lipinski definition) is 1. The van der Waals surface area contributed by atoms with E-state index in [-0.39, 0.29) is 12.1 Å². The lowest BCUT2D eigenvalue weighted by Crippen LogP contribution is -2.15. The summed E-state index contributed by atoms with van der Waals surface area (Å²) in [4.78, 5) is 8.45. The molecule has 2 rings (SSSR count). The predicted molar refractivity (Wildman–Crippen MR) is 75.0 cm³/mol. The summed E-state index contributed by atoms with van der Waals surface area (Å²) >= 11 is 0. The van der Waals surface area contributed by atoms with Crippen LogP contribution in [0.2, 0.25) is 0 Å². The van der Waals surface area contributed by atoms with Crippen LogP contribution in [0.5, 0.6) is 5.75 Å². The van der Waals surface area contributed by atoms with Gasteiger partial charge in [-0.2, -0.15) is 0 Å². The van der Waals surface area contributed by atoms with Crippen molar-refractivity contribution in [1.82, 2.24) is 9.97 Å². The third-order valence-electron chi connectivity index (χ3n) is 2.85. The topological polar surface area (TPSA) is 61.0 Å². The molecule has 2 heterocycles. The van der Waals surface area contributed by atoms with Crippen molar-refractivity contribution >= 4 is 0 Å². The molecule has 0 aromatic carbocycles. The maximum absolute atomic E-state index is 6.28. The molecule has 1 unspecified atom stereocenters. The van der Waals surface area contributed by atoms with Gasteiger partial charge in [0.05, 0.1) is 18.3 Å². The molecule has 0 saturated carbocycles. The fraction of sp³-hybridized carbons (Fsp3) is 0.333. The Balaban J connectivity index is 2.29. The first-order valence-corrected chi connectivity index (χ1v) is 6.36. The molecule has 0 aliphatic carbocycles. The molecule has 0 aliphatic rings. The molecule has 0 bridgehead atoms. The number of pyridine rings is 2. The molecule has 2 N–H and O–H groups in total.